The van der Waals surface area contributed by atoms with Gasteiger partial charge in [0.2, 0.25) is 0 Å². The molecule has 2 rings (SSSR count). The highest BCUT2D eigenvalue weighted by Crippen LogP contribution is 2.33. The minimum atomic E-state index is 0.770. The number of aryl methyl sites for hydroxylation is 2. The quantitative estimate of drug-likeness (QED) is 0.607. The lowest BCUT2D eigenvalue weighted by Gasteiger charge is -2.06. The lowest BCUT2D eigenvalue weighted by atomic mass is 10.3. The fourth-order valence-electron chi connectivity index (χ4n) is 1.76. The highest BCUT2D eigenvalue weighted by Gasteiger charge is 2.13. The van der Waals surface area contributed by atoms with Gasteiger partial charge in [-0.3, -0.25) is 4.68 Å². The number of anilines is 1. The van der Waals surface area contributed by atoms with Crippen molar-refractivity contribution in [2.75, 3.05) is 5.73 Å². The van der Waals surface area contributed by atoms with Gasteiger partial charge in [0, 0.05) is 27.9 Å². The number of aromatic nitrogens is 2. The maximum Gasteiger partial charge on any atom is 0.0767 e. The predicted molar refractivity (Wildman–Crippen MR) is 88.4 cm³/mol. The maximum absolute atomic E-state index is 5.74. The molecule has 0 atom stereocenters. The number of nitrogen functional groups attached to an aromatic ring is 1. The maximum atomic E-state index is 5.74. The van der Waals surface area contributed by atoms with Crippen molar-refractivity contribution in [3.8, 4) is 0 Å². The molecule has 0 aliphatic heterocycles. The van der Waals surface area contributed by atoms with Crippen LogP contribution in [-0.4, -0.2) is 9.78 Å². The van der Waals surface area contributed by atoms with E-state index < -0.39 is 0 Å². The van der Waals surface area contributed by atoms with Gasteiger partial charge in [-0.15, -0.1) is 11.8 Å². The Labute approximate surface area is 134 Å². The van der Waals surface area contributed by atoms with Crippen molar-refractivity contribution in [1.29, 1.82) is 0 Å². The molecule has 2 N–H and O–H groups in total. The molecule has 19 heavy (non-hydrogen) atoms. The number of nitrogens with zero attached hydrogens (tertiary/aromatic N) is 2. The van der Waals surface area contributed by atoms with Gasteiger partial charge in [0.15, 0.2) is 0 Å². The van der Waals surface area contributed by atoms with Crippen LogP contribution in [0.15, 0.2) is 32.0 Å². The van der Waals surface area contributed by atoms with Gasteiger partial charge >= 0.3 is 0 Å². The second-order valence-electron chi connectivity index (χ2n) is 4.16. The summed E-state index contributed by atoms with van der Waals surface area (Å²) < 4.78 is 4.10. The average Bonchev–Trinajstić information content (AvgIpc) is 2.64. The van der Waals surface area contributed by atoms with E-state index in [0.29, 0.717) is 0 Å². The van der Waals surface area contributed by atoms with E-state index in [0.717, 1.165) is 32.5 Å². The van der Waals surface area contributed by atoms with Gasteiger partial charge in [0.25, 0.3) is 0 Å². The molecule has 0 radical (unpaired) electrons. The Bertz CT molecular complexity index is 596. The standard InChI is InChI=1S/C13H15Br2N3S/c1-3-10-13(15)11(18(2)17-10)7-19-12-5-4-8(16)6-9(12)14/h4-6H,3,7,16H2,1-2H3. The number of thioether (sulfide) groups is 1. The van der Waals surface area contributed by atoms with Gasteiger partial charge in [-0.05, 0) is 56.5 Å². The molecule has 1 heterocycles. The molecular formula is C13H15Br2N3S. The Kier molecular flexibility index (Phi) is 4.97. The SMILES string of the molecule is CCc1nn(C)c(CSc2ccc(N)cc2Br)c1Br. The van der Waals surface area contributed by atoms with E-state index in [2.05, 4.69) is 43.9 Å². The van der Waals surface area contributed by atoms with Crippen LogP contribution in [0.1, 0.15) is 18.3 Å². The summed E-state index contributed by atoms with van der Waals surface area (Å²) >= 11 is 8.95. The predicted octanol–water partition coefficient (Wildman–Crippen LogP) is 4.38. The Hall–Kier alpha value is -0.460. The first-order valence-corrected chi connectivity index (χ1v) is 8.48. The van der Waals surface area contributed by atoms with Gasteiger partial charge in [0.05, 0.1) is 15.9 Å². The Morgan fingerprint density at radius 1 is 1.37 bits per heavy atom. The van der Waals surface area contributed by atoms with Gasteiger partial charge in [-0.2, -0.15) is 5.10 Å². The van der Waals surface area contributed by atoms with Crippen molar-refractivity contribution in [1.82, 2.24) is 9.78 Å². The summed E-state index contributed by atoms with van der Waals surface area (Å²) in [5.74, 6) is 0.868. The zero-order chi connectivity index (χ0) is 14.0. The molecule has 2 aromatic rings. The number of benzene rings is 1. The van der Waals surface area contributed by atoms with Crippen molar-refractivity contribution in [2.45, 2.75) is 24.0 Å². The Morgan fingerprint density at radius 2 is 2.11 bits per heavy atom. The summed E-state index contributed by atoms with van der Waals surface area (Å²) in [5, 5.41) is 4.50. The number of nitrogens with two attached hydrogens (primary N) is 1. The second kappa shape index (κ2) is 6.33. The molecule has 0 saturated heterocycles. The lowest BCUT2D eigenvalue weighted by molar-refractivity contribution is 0.719. The van der Waals surface area contributed by atoms with E-state index in [1.54, 1.807) is 11.8 Å². The van der Waals surface area contributed by atoms with Gasteiger partial charge < -0.3 is 5.73 Å². The van der Waals surface area contributed by atoms with Crippen LogP contribution in [0.5, 0.6) is 0 Å². The third-order valence-electron chi connectivity index (χ3n) is 2.82. The van der Waals surface area contributed by atoms with Crippen molar-refractivity contribution in [3.63, 3.8) is 0 Å². The highest BCUT2D eigenvalue weighted by atomic mass is 79.9. The molecule has 0 unspecified atom stereocenters. The normalized spacial score (nSPS) is 10.9. The third kappa shape index (κ3) is 3.35. The van der Waals surface area contributed by atoms with E-state index in [-0.39, 0.29) is 0 Å². The van der Waals surface area contributed by atoms with Crippen molar-refractivity contribution >= 4 is 49.3 Å². The van der Waals surface area contributed by atoms with Crippen LogP contribution in [0.2, 0.25) is 0 Å². The van der Waals surface area contributed by atoms with Crippen LogP contribution >= 0.6 is 43.6 Å². The van der Waals surface area contributed by atoms with Crippen LogP contribution in [0.4, 0.5) is 5.69 Å². The number of rotatable bonds is 4. The summed E-state index contributed by atoms with van der Waals surface area (Å²) in [7, 11) is 1.98. The molecule has 6 heteroatoms. The molecule has 1 aromatic carbocycles. The second-order valence-corrected chi connectivity index (χ2v) is 6.83. The summed E-state index contributed by atoms with van der Waals surface area (Å²) in [4.78, 5) is 1.18. The average molecular weight is 405 g/mol. The van der Waals surface area contributed by atoms with Crippen molar-refractivity contribution in [2.24, 2.45) is 7.05 Å². The zero-order valence-electron chi connectivity index (χ0n) is 10.8. The molecule has 3 nitrogen and oxygen atoms in total. The summed E-state index contributed by atoms with van der Waals surface area (Å²) in [5.41, 5.74) is 8.82. The number of halogens is 2. The van der Waals surface area contributed by atoms with Crippen LogP contribution < -0.4 is 5.73 Å². The zero-order valence-corrected chi connectivity index (χ0v) is 14.8. The smallest absolute Gasteiger partial charge is 0.0767 e. The van der Waals surface area contributed by atoms with Gasteiger partial charge in [-0.1, -0.05) is 6.92 Å². The minimum Gasteiger partial charge on any atom is -0.399 e. The molecule has 102 valence electrons. The van der Waals surface area contributed by atoms with E-state index in [4.69, 9.17) is 5.73 Å². The largest absolute Gasteiger partial charge is 0.399 e. The monoisotopic (exact) mass is 403 g/mol. The molecule has 0 bridgehead atoms. The van der Waals surface area contributed by atoms with Crippen LogP contribution in [0, 0.1) is 0 Å². The van der Waals surface area contributed by atoms with E-state index in [1.165, 1.54) is 10.6 Å². The molecular weight excluding hydrogens is 390 g/mol. The first kappa shape index (κ1) is 14.9. The van der Waals surface area contributed by atoms with Crippen LogP contribution in [-0.2, 0) is 19.2 Å². The first-order valence-electron chi connectivity index (χ1n) is 5.91. The molecule has 0 aliphatic carbocycles. The Balaban J connectivity index is 2.16. The van der Waals surface area contributed by atoms with Crippen molar-refractivity contribution in [3.05, 3.63) is 38.5 Å². The number of hydrogen-bond donors (Lipinski definition) is 1. The number of hydrogen-bond acceptors (Lipinski definition) is 3. The topological polar surface area (TPSA) is 43.8 Å². The minimum absolute atomic E-state index is 0.770. The fourth-order valence-corrected chi connectivity index (χ4v) is 4.42. The van der Waals surface area contributed by atoms with Crippen LogP contribution in [0.3, 0.4) is 0 Å². The summed E-state index contributed by atoms with van der Waals surface area (Å²) in [6.45, 7) is 2.11. The molecule has 0 saturated carbocycles. The van der Waals surface area contributed by atoms with Crippen LogP contribution in [0.25, 0.3) is 0 Å². The lowest BCUT2D eigenvalue weighted by Crippen LogP contribution is -1.97. The molecule has 0 fully saturated rings. The highest BCUT2D eigenvalue weighted by molar-refractivity contribution is 9.10. The molecule has 0 amide bonds. The van der Waals surface area contributed by atoms with E-state index in [9.17, 15) is 0 Å². The summed E-state index contributed by atoms with van der Waals surface area (Å²) in [6, 6.07) is 5.88. The first-order chi connectivity index (χ1) is 9.02. The van der Waals surface area contributed by atoms with Gasteiger partial charge in [-0.25, -0.2) is 0 Å². The molecule has 0 aliphatic rings. The Morgan fingerprint density at radius 3 is 2.68 bits per heavy atom. The third-order valence-corrected chi connectivity index (χ3v) is 5.74. The summed E-state index contributed by atoms with van der Waals surface area (Å²) in [6.07, 6.45) is 0.935. The fraction of sp³-hybridized carbons (Fsp3) is 0.308. The van der Waals surface area contributed by atoms with Gasteiger partial charge in [0.1, 0.15) is 0 Å². The molecule has 0 spiro atoms. The molecule has 1 aromatic heterocycles. The van der Waals surface area contributed by atoms with E-state index >= 15 is 0 Å². The van der Waals surface area contributed by atoms with E-state index in [1.807, 2.05) is 29.9 Å². The van der Waals surface area contributed by atoms with Crippen molar-refractivity contribution < 1.29 is 0 Å².